The number of fused-ring (bicyclic) bond motifs is 1. The van der Waals surface area contributed by atoms with Gasteiger partial charge in [0.2, 0.25) is 0 Å². The summed E-state index contributed by atoms with van der Waals surface area (Å²) in [5, 5.41) is 9.70. The number of benzene rings is 1. The molecule has 2 atom stereocenters. The van der Waals surface area contributed by atoms with Crippen LogP contribution in [-0.2, 0) is 10.5 Å². The largest absolute Gasteiger partial charge is 0.481 e. The van der Waals surface area contributed by atoms with Crippen LogP contribution in [0, 0.1) is 11.3 Å². The highest BCUT2D eigenvalue weighted by atomic mass is 32.2. The maximum atomic E-state index is 13.0. The van der Waals surface area contributed by atoms with Gasteiger partial charge in [0.1, 0.15) is 0 Å². The van der Waals surface area contributed by atoms with E-state index in [1.165, 1.54) is 6.26 Å². The Morgan fingerprint density at radius 1 is 1.27 bits per heavy atom. The number of carbonyl (C=O) groups excluding carboxylic acids is 1. The smallest absolute Gasteiger partial charge is 0.311 e. The number of thioether (sulfide) groups is 1. The van der Waals surface area contributed by atoms with E-state index in [2.05, 4.69) is 0 Å². The summed E-state index contributed by atoms with van der Waals surface area (Å²) >= 11 is 1.65. The molecule has 2 fully saturated rings. The van der Waals surface area contributed by atoms with E-state index in [1.807, 2.05) is 36.4 Å². The fourth-order valence-corrected chi connectivity index (χ4v) is 5.15. The Kier molecular flexibility index (Phi) is 4.53. The zero-order valence-corrected chi connectivity index (χ0v) is 15.2. The van der Waals surface area contributed by atoms with Crippen LogP contribution in [0.1, 0.15) is 35.4 Å². The van der Waals surface area contributed by atoms with Gasteiger partial charge in [0, 0.05) is 29.3 Å². The lowest BCUT2D eigenvalue weighted by atomic mass is 9.81. The summed E-state index contributed by atoms with van der Waals surface area (Å²) in [6.45, 7) is 0.800. The molecule has 1 aliphatic heterocycles. The zero-order chi connectivity index (χ0) is 18.1. The summed E-state index contributed by atoms with van der Waals surface area (Å²) in [6.07, 6.45) is 4.01. The molecule has 1 saturated heterocycles. The number of hydrogen-bond acceptors (Lipinski definition) is 4. The molecule has 2 aromatic rings. The molecule has 1 aromatic carbocycles. The van der Waals surface area contributed by atoms with E-state index in [0.717, 1.165) is 23.3 Å². The molecule has 1 aliphatic carbocycles. The van der Waals surface area contributed by atoms with Gasteiger partial charge in [-0.1, -0.05) is 24.6 Å². The minimum atomic E-state index is -0.769. The maximum Gasteiger partial charge on any atom is 0.311 e. The number of carboxylic acids is 1. The van der Waals surface area contributed by atoms with Gasteiger partial charge in [0.25, 0.3) is 5.91 Å². The predicted octanol–water partition coefficient (Wildman–Crippen LogP) is 3.90. The Hall–Kier alpha value is -2.21. The van der Waals surface area contributed by atoms with Crippen LogP contribution in [0.5, 0.6) is 0 Å². The van der Waals surface area contributed by atoms with Gasteiger partial charge in [0.05, 0.1) is 11.7 Å². The third kappa shape index (κ3) is 2.92. The summed E-state index contributed by atoms with van der Waals surface area (Å²) < 4.78 is 5.49. The number of likely N-dealkylation sites (tertiary alicyclic amines) is 1. The highest BCUT2D eigenvalue weighted by molar-refractivity contribution is 7.98. The molecule has 6 heteroatoms. The SMILES string of the molecule is O=C(c1occc1CSc1ccccc1)N1C[C@@H]2CCC[C@@]2(C(=O)O)C1. The van der Waals surface area contributed by atoms with Gasteiger partial charge in [-0.15, -0.1) is 11.8 Å². The van der Waals surface area contributed by atoms with Gasteiger partial charge >= 0.3 is 5.97 Å². The molecule has 0 radical (unpaired) electrons. The van der Waals surface area contributed by atoms with Crippen molar-refractivity contribution in [3.8, 4) is 0 Å². The molecule has 1 amide bonds. The van der Waals surface area contributed by atoms with Gasteiger partial charge in [-0.25, -0.2) is 0 Å². The molecule has 2 heterocycles. The first-order valence-corrected chi connectivity index (χ1v) is 9.85. The van der Waals surface area contributed by atoms with Crippen molar-refractivity contribution in [1.82, 2.24) is 4.90 Å². The second-order valence-corrected chi connectivity index (χ2v) is 8.16. The van der Waals surface area contributed by atoms with Crippen molar-refractivity contribution in [2.45, 2.75) is 29.9 Å². The second-order valence-electron chi connectivity index (χ2n) is 7.11. The fraction of sp³-hybridized carbons (Fsp3) is 0.400. The molecule has 1 saturated carbocycles. The molecule has 1 aromatic heterocycles. The average molecular weight is 371 g/mol. The molecule has 4 rings (SSSR count). The molecule has 0 spiro atoms. The standard InChI is InChI=1S/C20H21NO4S/c22-18(21-11-15-5-4-9-20(15,13-21)19(23)24)17-14(8-10-25-17)12-26-16-6-2-1-3-7-16/h1-3,6-8,10,15H,4-5,9,11-13H2,(H,23,24)/t15-,20+/m0/s1. The van der Waals surface area contributed by atoms with Gasteiger partial charge in [-0.05, 0) is 37.0 Å². The quantitative estimate of drug-likeness (QED) is 0.807. The number of rotatable bonds is 5. The summed E-state index contributed by atoms with van der Waals surface area (Å²) in [5.74, 6) is 0.0847. The van der Waals surface area contributed by atoms with E-state index in [-0.39, 0.29) is 18.4 Å². The van der Waals surface area contributed by atoms with Crippen LogP contribution < -0.4 is 0 Å². The van der Waals surface area contributed by atoms with Gasteiger partial charge in [-0.3, -0.25) is 9.59 Å². The lowest BCUT2D eigenvalue weighted by molar-refractivity contribution is -0.149. The lowest BCUT2D eigenvalue weighted by Crippen LogP contribution is -2.37. The molecule has 5 nitrogen and oxygen atoms in total. The van der Waals surface area contributed by atoms with E-state index in [9.17, 15) is 14.7 Å². The minimum absolute atomic E-state index is 0.0565. The Labute approximate surface area is 156 Å². The molecule has 136 valence electrons. The molecule has 26 heavy (non-hydrogen) atoms. The van der Waals surface area contributed by atoms with Crippen LogP contribution in [-0.4, -0.2) is 35.0 Å². The molecule has 0 unspecified atom stereocenters. The normalized spacial score (nSPS) is 24.6. The van der Waals surface area contributed by atoms with Crippen molar-refractivity contribution >= 4 is 23.6 Å². The third-order valence-electron chi connectivity index (χ3n) is 5.66. The zero-order valence-electron chi connectivity index (χ0n) is 14.4. The van der Waals surface area contributed by atoms with Crippen LogP contribution >= 0.6 is 11.8 Å². The first kappa shape index (κ1) is 17.2. The van der Waals surface area contributed by atoms with Gasteiger partial charge in [0.15, 0.2) is 5.76 Å². The average Bonchev–Trinajstić information content (AvgIpc) is 3.34. The van der Waals surface area contributed by atoms with Crippen LogP contribution in [0.2, 0.25) is 0 Å². The van der Waals surface area contributed by atoms with Crippen molar-refractivity contribution in [3.63, 3.8) is 0 Å². The topological polar surface area (TPSA) is 70.8 Å². The monoisotopic (exact) mass is 371 g/mol. The lowest BCUT2D eigenvalue weighted by Gasteiger charge is -2.23. The van der Waals surface area contributed by atoms with Crippen molar-refractivity contribution in [3.05, 3.63) is 54.0 Å². The number of amides is 1. The highest BCUT2D eigenvalue weighted by Gasteiger charge is 2.56. The van der Waals surface area contributed by atoms with Crippen molar-refractivity contribution in [2.75, 3.05) is 13.1 Å². The fourth-order valence-electron chi connectivity index (χ4n) is 4.25. The van der Waals surface area contributed by atoms with E-state index in [1.54, 1.807) is 16.7 Å². The Balaban J connectivity index is 1.48. The van der Waals surface area contributed by atoms with E-state index < -0.39 is 11.4 Å². The predicted molar refractivity (Wildman–Crippen MR) is 98.0 cm³/mol. The number of aliphatic carboxylic acids is 1. The molecule has 2 aliphatic rings. The van der Waals surface area contributed by atoms with Crippen LogP contribution in [0.25, 0.3) is 0 Å². The molecule has 1 N–H and O–H groups in total. The molecular weight excluding hydrogens is 350 g/mol. The third-order valence-corrected chi connectivity index (χ3v) is 6.72. The summed E-state index contributed by atoms with van der Waals surface area (Å²) in [6, 6.07) is 11.8. The second kappa shape index (κ2) is 6.83. The highest BCUT2D eigenvalue weighted by Crippen LogP contribution is 2.49. The van der Waals surface area contributed by atoms with E-state index >= 15 is 0 Å². The van der Waals surface area contributed by atoms with Crippen molar-refractivity contribution < 1.29 is 19.1 Å². The van der Waals surface area contributed by atoms with Gasteiger partial charge < -0.3 is 14.4 Å². The van der Waals surface area contributed by atoms with E-state index in [4.69, 9.17) is 4.42 Å². The summed E-state index contributed by atoms with van der Waals surface area (Å²) in [4.78, 5) is 27.6. The summed E-state index contributed by atoms with van der Waals surface area (Å²) in [7, 11) is 0. The Morgan fingerprint density at radius 2 is 2.08 bits per heavy atom. The van der Waals surface area contributed by atoms with Crippen molar-refractivity contribution in [2.24, 2.45) is 11.3 Å². The minimum Gasteiger partial charge on any atom is -0.481 e. The van der Waals surface area contributed by atoms with Crippen LogP contribution in [0.3, 0.4) is 0 Å². The molecular formula is C20H21NO4S. The number of hydrogen-bond donors (Lipinski definition) is 1. The Morgan fingerprint density at radius 3 is 2.81 bits per heavy atom. The number of carbonyl (C=O) groups is 2. The van der Waals surface area contributed by atoms with E-state index in [0.29, 0.717) is 24.5 Å². The first-order valence-electron chi connectivity index (χ1n) is 8.87. The van der Waals surface area contributed by atoms with Gasteiger partial charge in [-0.2, -0.15) is 0 Å². The number of nitrogens with zero attached hydrogens (tertiary/aromatic N) is 1. The maximum absolute atomic E-state index is 13.0. The summed E-state index contributed by atoms with van der Waals surface area (Å²) in [5.41, 5.74) is 0.0894. The number of carboxylic acid groups (broad SMARTS) is 1. The molecule has 0 bridgehead atoms. The Bertz CT molecular complexity index is 818. The first-order chi connectivity index (χ1) is 12.6. The van der Waals surface area contributed by atoms with Crippen LogP contribution in [0.15, 0.2) is 52.0 Å². The number of furan rings is 1. The van der Waals surface area contributed by atoms with Crippen LogP contribution in [0.4, 0.5) is 0 Å². The van der Waals surface area contributed by atoms with Crippen molar-refractivity contribution in [1.29, 1.82) is 0 Å².